The van der Waals surface area contributed by atoms with Gasteiger partial charge in [0.2, 0.25) is 0 Å². The van der Waals surface area contributed by atoms with Crippen LogP contribution in [0.25, 0.3) is 0 Å². The van der Waals surface area contributed by atoms with E-state index >= 15 is 0 Å². The maximum absolute atomic E-state index is 5.71. The Bertz CT molecular complexity index is 197. The first-order valence-corrected chi connectivity index (χ1v) is 6.18. The number of hydrogen-bond donors (Lipinski definition) is 0. The van der Waals surface area contributed by atoms with Crippen molar-refractivity contribution in [3.05, 3.63) is 6.92 Å². The summed E-state index contributed by atoms with van der Waals surface area (Å²) in [6.45, 7) is 12.8. The molecule has 1 fully saturated rings. The van der Waals surface area contributed by atoms with Crippen molar-refractivity contribution in [1.82, 2.24) is 0 Å². The predicted molar refractivity (Wildman–Crippen MR) is 64.1 cm³/mol. The van der Waals surface area contributed by atoms with E-state index in [4.69, 9.17) is 14.2 Å². The van der Waals surface area contributed by atoms with Crippen LogP contribution >= 0.6 is 0 Å². The minimum absolute atomic E-state index is 0. The monoisotopic (exact) mass is 236 g/mol. The second kappa shape index (κ2) is 7.81. The molecular formula is C13H25LiO3. The van der Waals surface area contributed by atoms with E-state index in [1.807, 2.05) is 13.8 Å². The van der Waals surface area contributed by atoms with E-state index in [9.17, 15) is 0 Å². The van der Waals surface area contributed by atoms with Crippen molar-refractivity contribution >= 4 is 0 Å². The van der Waals surface area contributed by atoms with E-state index in [0.717, 1.165) is 45.7 Å². The van der Waals surface area contributed by atoms with Crippen LogP contribution in [0.2, 0.25) is 0 Å². The standard InChI is InChI=1S/C13H25O3.Li/c1-5-7-8-14-9-13(6-2)10-15-12(3,4)16-11-13;/h1,5-11H2,2-4H3;/q-1;+1. The molecule has 1 aliphatic heterocycles. The fraction of sp³-hybridized carbons (Fsp3) is 0.923. The number of ether oxygens (including phenoxy) is 3. The van der Waals surface area contributed by atoms with Gasteiger partial charge >= 0.3 is 18.9 Å². The van der Waals surface area contributed by atoms with Crippen LogP contribution < -0.4 is 18.9 Å². The van der Waals surface area contributed by atoms with Gasteiger partial charge in [-0.05, 0) is 20.3 Å². The first-order valence-electron chi connectivity index (χ1n) is 6.18. The first kappa shape index (κ1) is 17.5. The summed E-state index contributed by atoms with van der Waals surface area (Å²) in [6, 6.07) is 0. The quantitative estimate of drug-likeness (QED) is 0.363. The van der Waals surface area contributed by atoms with Gasteiger partial charge in [0.1, 0.15) is 0 Å². The topological polar surface area (TPSA) is 27.7 Å². The molecule has 0 N–H and O–H groups in total. The Hall–Kier alpha value is 0.477. The molecule has 1 heterocycles. The molecule has 0 radical (unpaired) electrons. The van der Waals surface area contributed by atoms with Gasteiger partial charge in [-0.1, -0.05) is 13.3 Å². The third-order valence-electron chi connectivity index (χ3n) is 3.15. The summed E-state index contributed by atoms with van der Waals surface area (Å²) in [5, 5.41) is 0. The molecule has 3 nitrogen and oxygen atoms in total. The largest absolute Gasteiger partial charge is 1.00 e. The SMILES string of the molecule is [CH2-]CCCOCC1(CC)COC(C)(C)OC1.[Li+]. The Morgan fingerprint density at radius 3 is 2.29 bits per heavy atom. The van der Waals surface area contributed by atoms with Crippen LogP contribution in [0.3, 0.4) is 0 Å². The Morgan fingerprint density at radius 2 is 1.82 bits per heavy atom. The van der Waals surface area contributed by atoms with Gasteiger partial charge in [0.15, 0.2) is 5.79 Å². The fourth-order valence-corrected chi connectivity index (χ4v) is 1.62. The Labute approximate surface area is 118 Å². The van der Waals surface area contributed by atoms with Crippen LogP contribution in [-0.2, 0) is 14.2 Å². The zero-order valence-corrected chi connectivity index (χ0v) is 11.9. The van der Waals surface area contributed by atoms with E-state index in [1.165, 1.54) is 0 Å². The van der Waals surface area contributed by atoms with Crippen molar-refractivity contribution in [3.8, 4) is 0 Å². The second-order valence-corrected chi connectivity index (χ2v) is 5.09. The van der Waals surface area contributed by atoms with Crippen molar-refractivity contribution in [1.29, 1.82) is 0 Å². The summed E-state index contributed by atoms with van der Waals surface area (Å²) < 4.78 is 17.1. The van der Waals surface area contributed by atoms with E-state index in [2.05, 4.69) is 13.8 Å². The van der Waals surface area contributed by atoms with Gasteiger partial charge in [0.25, 0.3) is 0 Å². The van der Waals surface area contributed by atoms with Gasteiger partial charge in [-0.3, -0.25) is 0 Å². The summed E-state index contributed by atoms with van der Waals surface area (Å²) in [6.07, 6.45) is 2.97. The van der Waals surface area contributed by atoms with E-state index in [0.29, 0.717) is 0 Å². The molecule has 0 unspecified atom stereocenters. The molecule has 1 rings (SSSR count). The molecule has 96 valence electrons. The van der Waals surface area contributed by atoms with Gasteiger partial charge in [-0.2, -0.15) is 6.42 Å². The van der Waals surface area contributed by atoms with Gasteiger partial charge in [0.05, 0.1) is 19.8 Å². The van der Waals surface area contributed by atoms with Gasteiger partial charge in [-0.25, -0.2) is 0 Å². The molecule has 0 bridgehead atoms. The summed E-state index contributed by atoms with van der Waals surface area (Å²) in [7, 11) is 0. The fourth-order valence-electron chi connectivity index (χ4n) is 1.62. The maximum atomic E-state index is 5.71. The summed E-state index contributed by atoms with van der Waals surface area (Å²) >= 11 is 0. The summed E-state index contributed by atoms with van der Waals surface area (Å²) in [5.41, 5.74) is 0.0384. The average molecular weight is 236 g/mol. The smallest absolute Gasteiger partial charge is 0.381 e. The number of hydrogen-bond acceptors (Lipinski definition) is 3. The summed E-state index contributed by atoms with van der Waals surface area (Å²) in [4.78, 5) is 0. The maximum Gasteiger partial charge on any atom is 1.00 e. The molecule has 0 saturated carbocycles. The van der Waals surface area contributed by atoms with Crippen LogP contribution in [-0.4, -0.2) is 32.2 Å². The molecule has 1 saturated heterocycles. The van der Waals surface area contributed by atoms with E-state index in [-0.39, 0.29) is 24.3 Å². The van der Waals surface area contributed by atoms with Crippen molar-refractivity contribution in [2.24, 2.45) is 5.41 Å². The molecule has 0 aromatic carbocycles. The van der Waals surface area contributed by atoms with Crippen molar-refractivity contribution in [2.45, 2.75) is 45.8 Å². The van der Waals surface area contributed by atoms with Crippen molar-refractivity contribution in [3.63, 3.8) is 0 Å². The molecule has 0 amide bonds. The van der Waals surface area contributed by atoms with Crippen LogP contribution in [0, 0.1) is 12.3 Å². The second-order valence-electron chi connectivity index (χ2n) is 5.09. The molecule has 0 spiro atoms. The normalized spacial score (nSPS) is 21.9. The Kier molecular flexibility index (Phi) is 8.03. The summed E-state index contributed by atoms with van der Waals surface area (Å²) in [5.74, 6) is -0.438. The number of rotatable bonds is 6. The Morgan fingerprint density at radius 1 is 1.24 bits per heavy atom. The van der Waals surface area contributed by atoms with Gasteiger partial charge < -0.3 is 21.1 Å². The van der Waals surface area contributed by atoms with Crippen LogP contribution in [0.1, 0.15) is 40.0 Å². The van der Waals surface area contributed by atoms with E-state index < -0.39 is 5.79 Å². The molecule has 0 aliphatic carbocycles. The van der Waals surface area contributed by atoms with Crippen molar-refractivity contribution < 1.29 is 33.1 Å². The van der Waals surface area contributed by atoms with Crippen LogP contribution in [0.15, 0.2) is 0 Å². The zero-order chi connectivity index (χ0) is 12.1. The molecule has 17 heavy (non-hydrogen) atoms. The molecule has 0 aromatic heterocycles. The first-order chi connectivity index (χ1) is 7.54. The molecule has 0 atom stereocenters. The van der Waals surface area contributed by atoms with Gasteiger partial charge in [0, 0.05) is 12.0 Å². The zero-order valence-electron chi connectivity index (χ0n) is 11.9. The van der Waals surface area contributed by atoms with Crippen LogP contribution in [0.4, 0.5) is 0 Å². The molecule has 0 aromatic rings. The van der Waals surface area contributed by atoms with Crippen molar-refractivity contribution in [2.75, 3.05) is 26.4 Å². The Balaban J connectivity index is 0.00000256. The van der Waals surface area contributed by atoms with Gasteiger partial charge in [-0.15, -0.1) is 0 Å². The molecular weight excluding hydrogens is 211 g/mol. The number of unbranched alkanes of at least 4 members (excludes halogenated alkanes) is 1. The van der Waals surface area contributed by atoms with Crippen LogP contribution in [0.5, 0.6) is 0 Å². The van der Waals surface area contributed by atoms with E-state index in [1.54, 1.807) is 0 Å². The third-order valence-corrected chi connectivity index (χ3v) is 3.15. The minimum Gasteiger partial charge on any atom is -0.381 e. The third kappa shape index (κ3) is 5.76. The minimum atomic E-state index is -0.438. The predicted octanol–water partition coefficient (Wildman–Crippen LogP) is -0.199. The molecule has 1 aliphatic rings. The average Bonchev–Trinajstić information content (AvgIpc) is 2.27. The molecule has 4 heteroatoms.